The van der Waals surface area contributed by atoms with Gasteiger partial charge in [0.2, 0.25) is 0 Å². The molecule has 6 nitrogen and oxygen atoms in total. The topological polar surface area (TPSA) is 93.2 Å². The van der Waals surface area contributed by atoms with Crippen LogP contribution in [0.25, 0.3) is 0 Å². The minimum absolute atomic E-state index is 0. The summed E-state index contributed by atoms with van der Waals surface area (Å²) in [6.07, 6.45) is 1.76. The van der Waals surface area contributed by atoms with E-state index in [-0.39, 0.29) is 33.5 Å². The molecule has 180 valence electrons. The number of aromatic nitrogens is 1. The maximum absolute atomic E-state index is 11.8. The molecular weight excluding hydrogens is 645 g/mol. The van der Waals surface area contributed by atoms with Crippen molar-refractivity contribution in [2.75, 3.05) is 5.32 Å². The summed E-state index contributed by atoms with van der Waals surface area (Å²) in [6, 6.07) is 32.5. The van der Waals surface area contributed by atoms with Gasteiger partial charge in [0, 0.05) is 17.8 Å². The summed E-state index contributed by atoms with van der Waals surface area (Å²) in [5.41, 5.74) is 1.43. The Kier molecular flexibility index (Phi) is 11.0. The zero-order valence-corrected chi connectivity index (χ0v) is 21.3. The summed E-state index contributed by atoms with van der Waals surface area (Å²) in [5.74, 6) is 0.636. The smallest absolute Gasteiger partial charge is 0.364 e. The molecule has 3 aromatic carbocycles. The Balaban J connectivity index is 0.000000265. The first-order chi connectivity index (χ1) is 16.4. The standard InChI is InChI=1S/C16H12O4S.C11H9N2.Au/c17-15(13-7-3-1-4-8-13)11-21(19,20)12-16(18)14-9-5-2-6-10-14;1-2-6-10(7-3-1)13-11-8-4-5-9-12-11;/h1-12H;1-6,8-9H,(H,12,13);/q-2;-1;+3. The van der Waals surface area contributed by atoms with Crippen molar-refractivity contribution < 1.29 is 40.4 Å². The van der Waals surface area contributed by atoms with Crippen LogP contribution in [0.15, 0.2) is 109 Å². The summed E-state index contributed by atoms with van der Waals surface area (Å²) < 4.78 is 23.7. The summed E-state index contributed by atoms with van der Waals surface area (Å²) in [6.45, 7) is 0. The predicted molar refractivity (Wildman–Crippen MR) is 132 cm³/mol. The molecule has 8 heteroatoms. The average Bonchev–Trinajstić information content (AvgIpc) is 2.86. The molecule has 0 saturated heterocycles. The third-order valence-corrected chi connectivity index (χ3v) is 5.38. The van der Waals surface area contributed by atoms with Crippen LogP contribution in [0.5, 0.6) is 0 Å². The van der Waals surface area contributed by atoms with Gasteiger partial charge in [-0.3, -0.25) is 8.42 Å². The van der Waals surface area contributed by atoms with E-state index in [1.165, 1.54) is 24.3 Å². The fourth-order valence-electron chi connectivity index (χ4n) is 2.72. The summed E-state index contributed by atoms with van der Waals surface area (Å²) in [7, 11) is -4.03. The molecule has 0 fully saturated rings. The molecule has 0 atom stereocenters. The first-order valence-electron chi connectivity index (χ1n) is 10.2. The second kappa shape index (κ2) is 13.9. The van der Waals surface area contributed by atoms with Gasteiger partial charge in [0.05, 0.1) is 9.84 Å². The molecule has 0 unspecified atom stereocenters. The number of anilines is 2. The molecular formula is C27H21AuN2O4S. The maximum Gasteiger partial charge on any atom is 3.00 e. The number of sulfone groups is 1. The molecule has 0 spiro atoms. The van der Waals surface area contributed by atoms with Gasteiger partial charge in [-0.25, -0.2) is 4.98 Å². The Morgan fingerprint density at radius 3 is 1.69 bits per heavy atom. The quantitative estimate of drug-likeness (QED) is 0.160. The summed E-state index contributed by atoms with van der Waals surface area (Å²) in [4.78, 5) is 27.8. The molecule has 1 heterocycles. The number of pyridine rings is 1. The van der Waals surface area contributed by atoms with Crippen LogP contribution in [0.2, 0.25) is 0 Å². The summed E-state index contributed by atoms with van der Waals surface area (Å²) >= 11 is 0. The third kappa shape index (κ3) is 9.64. The first-order valence-corrected chi connectivity index (χ1v) is 11.8. The van der Waals surface area contributed by atoms with Crippen LogP contribution in [0, 0.1) is 17.6 Å². The van der Waals surface area contributed by atoms with E-state index in [4.69, 9.17) is 0 Å². The number of carbonyl (C=O) groups is 2. The normalized spacial score (nSPS) is 9.94. The number of Topliss-reactive ketones (excluding diaryl/α,β-unsaturated/α-hetero) is 2. The van der Waals surface area contributed by atoms with Gasteiger partial charge in [0.1, 0.15) is 5.82 Å². The van der Waals surface area contributed by atoms with Crippen molar-refractivity contribution in [1.82, 2.24) is 4.98 Å². The van der Waals surface area contributed by atoms with E-state index in [0.717, 1.165) is 11.5 Å². The number of para-hydroxylation sites is 1. The Morgan fingerprint density at radius 1 is 0.714 bits per heavy atom. The Bertz CT molecular complexity index is 1210. The molecule has 35 heavy (non-hydrogen) atoms. The van der Waals surface area contributed by atoms with Crippen molar-refractivity contribution in [3.8, 4) is 0 Å². The average molecular weight is 667 g/mol. The second-order valence-electron chi connectivity index (χ2n) is 6.90. The van der Waals surface area contributed by atoms with Crippen LogP contribution in [-0.2, 0) is 32.2 Å². The number of nitrogens with zero attached hydrogens (tertiary/aromatic N) is 1. The van der Waals surface area contributed by atoms with E-state index in [9.17, 15) is 18.0 Å². The van der Waals surface area contributed by atoms with Crippen molar-refractivity contribution in [2.24, 2.45) is 0 Å². The number of rotatable bonds is 8. The monoisotopic (exact) mass is 666 g/mol. The summed E-state index contributed by atoms with van der Waals surface area (Å²) in [5, 5.41) is 3.14. The maximum atomic E-state index is 11.8. The van der Waals surface area contributed by atoms with E-state index in [1.54, 1.807) is 42.6 Å². The van der Waals surface area contributed by atoms with E-state index in [0.29, 0.717) is 11.5 Å². The second-order valence-corrected chi connectivity index (χ2v) is 8.55. The Morgan fingerprint density at radius 2 is 1.23 bits per heavy atom. The van der Waals surface area contributed by atoms with Crippen LogP contribution < -0.4 is 5.32 Å². The molecule has 0 aliphatic carbocycles. The van der Waals surface area contributed by atoms with Crippen molar-refractivity contribution >= 4 is 32.9 Å². The van der Waals surface area contributed by atoms with Crippen LogP contribution in [-0.4, -0.2) is 25.0 Å². The number of hydrogen-bond acceptors (Lipinski definition) is 6. The third-order valence-electron chi connectivity index (χ3n) is 4.30. The predicted octanol–water partition coefficient (Wildman–Crippen LogP) is 5.11. The molecule has 1 aromatic heterocycles. The SMILES string of the molecule is O=C([CH-]S(=O)(=O)[CH-]C(=O)c1ccccc1)c1ccccc1.[Au+3].[c-]1ccccc1Nc1ccccn1. The Labute approximate surface area is 220 Å². The van der Waals surface area contributed by atoms with Crippen LogP contribution in [0.1, 0.15) is 20.7 Å². The molecule has 0 bridgehead atoms. The van der Waals surface area contributed by atoms with Gasteiger partial charge in [-0.05, 0) is 12.1 Å². The van der Waals surface area contributed by atoms with Gasteiger partial charge in [-0.1, -0.05) is 59.7 Å². The number of carbonyl (C=O) groups excluding carboxylic acids is 2. The fraction of sp³-hybridized carbons (Fsp3) is 0. The van der Waals surface area contributed by atoms with Gasteiger partial charge < -0.3 is 14.9 Å². The van der Waals surface area contributed by atoms with Crippen LogP contribution in [0.3, 0.4) is 0 Å². The number of ketones is 2. The number of hydrogen-bond donors (Lipinski definition) is 1. The zero-order chi connectivity index (χ0) is 24.2. The van der Waals surface area contributed by atoms with Gasteiger partial charge in [-0.15, -0.1) is 41.5 Å². The molecule has 0 aliphatic rings. The Hall–Kier alpha value is -3.62. The van der Waals surface area contributed by atoms with Crippen molar-refractivity contribution in [2.45, 2.75) is 0 Å². The molecule has 0 saturated carbocycles. The number of nitrogens with one attached hydrogen (secondary N) is 1. The molecule has 0 aliphatic heterocycles. The van der Waals surface area contributed by atoms with E-state index in [1.807, 2.05) is 42.5 Å². The zero-order valence-electron chi connectivity index (χ0n) is 18.3. The molecule has 4 rings (SSSR count). The van der Waals surface area contributed by atoms with Crippen LogP contribution in [0.4, 0.5) is 11.5 Å². The first kappa shape index (κ1) is 27.6. The van der Waals surface area contributed by atoms with Crippen molar-refractivity contribution in [1.29, 1.82) is 0 Å². The van der Waals surface area contributed by atoms with E-state index >= 15 is 0 Å². The largest absolute Gasteiger partial charge is 3.00 e. The van der Waals surface area contributed by atoms with E-state index in [2.05, 4.69) is 16.4 Å². The molecule has 1 N–H and O–H groups in total. The van der Waals surface area contributed by atoms with Gasteiger partial charge >= 0.3 is 22.4 Å². The fourth-order valence-corrected chi connectivity index (χ4v) is 3.66. The molecule has 0 radical (unpaired) electrons. The van der Waals surface area contributed by atoms with Gasteiger partial charge in [0.25, 0.3) is 0 Å². The van der Waals surface area contributed by atoms with Crippen LogP contribution >= 0.6 is 0 Å². The van der Waals surface area contributed by atoms with Crippen molar-refractivity contribution in [3.05, 3.63) is 138 Å². The van der Waals surface area contributed by atoms with E-state index < -0.39 is 21.4 Å². The molecule has 0 amide bonds. The van der Waals surface area contributed by atoms with Gasteiger partial charge in [-0.2, -0.15) is 24.3 Å². The van der Waals surface area contributed by atoms with Crippen molar-refractivity contribution in [3.63, 3.8) is 0 Å². The minimum Gasteiger partial charge on any atom is -0.364 e. The minimum atomic E-state index is -4.03. The van der Waals surface area contributed by atoms with Gasteiger partial charge in [0.15, 0.2) is 0 Å². The molecule has 4 aromatic rings. The number of benzene rings is 3.